The summed E-state index contributed by atoms with van der Waals surface area (Å²) in [6.45, 7) is 0.0177. The number of carbonyl (C=O) groups is 1. The molecule has 0 aromatic heterocycles. The Morgan fingerprint density at radius 1 is 0.759 bits per heavy atom. The Labute approximate surface area is 169 Å². The van der Waals surface area contributed by atoms with Crippen LogP contribution in [0.4, 0.5) is 5.69 Å². The first-order valence-corrected chi connectivity index (χ1v) is 10.4. The summed E-state index contributed by atoms with van der Waals surface area (Å²) in [4.78, 5) is 13.0. The maximum absolute atomic E-state index is 13.4. The van der Waals surface area contributed by atoms with Crippen LogP contribution >= 0.6 is 0 Å². The molecule has 0 spiro atoms. The molecular formula is C22H17N3O3S. The molecule has 4 rings (SSSR count). The van der Waals surface area contributed by atoms with E-state index in [0.29, 0.717) is 16.8 Å². The molecule has 3 aromatic carbocycles. The first-order chi connectivity index (χ1) is 14.0. The van der Waals surface area contributed by atoms with Crippen LogP contribution in [0.3, 0.4) is 0 Å². The van der Waals surface area contributed by atoms with Gasteiger partial charge in [0.2, 0.25) is 0 Å². The lowest BCUT2D eigenvalue weighted by Crippen LogP contribution is -2.50. The number of rotatable bonds is 4. The van der Waals surface area contributed by atoms with E-state index in [2.05, 4.69) is 0 Å². The Balaban J connectivity index is 1.77. The predicted octanol–water partition coefficient (Wildman–Crippen LogP) is 3.47. The minimum Gasteiger partial charge on any atom is -0.268 e. The Morgan fingerprint density at radius 3 is 2.03 bits per heavy atom. The monoisotopic (exact) mass is 403 g/mol. The first kappa shape index (κ1) is 18.7. The van der Waals surface area contributed by atoms with Crippen molar-refractivity contribution in [3.63, 3.8) is 0 Å². The minimum absolute atomic E-state index is 0.0415. The summed E-state index contributed by atoms with van der Waals surface area (Å²) in [6, 6.07) is 24.5. The van der Waals surface area contributed by atoms with Gasteiger partial charge in [-0.2, -0.15) is 13.7 Å². The minimum atomic E-state index is -4.09. The molecule has 0 unspecified atom stereocenters. The number of para-hydroxylation sites is 1. The summed E-state index contributed by atoms with van der Waals surface area (Å²) >= 11 is 0. The van der Waals surface area contributed by atoms with Gasteiger partial charge in [0.15, 0.2) is 0 Å². The van der Waals surface area contributed by atoms with Gasteiger partial charge in [0.05, 0.1) is 36.0 Å². The highest BCUT2D eigenvalue weighted by Crippen LogP contribution is 2.34. The van der Waals surface area contributed by atoms with E-state index in [1.54, 1.807) is 72.8 Å². The van der Waals surface area contributed by atoms with Crippen molar-refractivity contribution in [3.8, 4) is 6.07 Å². The molecule has 1 aliphatic heterocycles. The summed E-state index contributed by atoms with van der Waals surface area (Å²) in [5, 5.41) is 8.97. The normalized spacial score (nSPS) is 14.9. The van der Waals surface area contributed by atoms with Crippen molar-refractivity contribution < 1.29 is 13.2 Å². The van der Waals surface area contributed by atoms with Crippen molar-refractivity contribution in [2.75, 3.05) is 4.31 Å². The molecular weight excluding hydrogens is 386 g/mol. The third-order valence-electron chi connectivity index (χ3n) is 4.76. The number of amides is 1. The molecule has 144 valence electrons. The van der Waals surface area contributed by atoms with Crippen molar-refractivity contribution >= 4 is 21.8 Å². The van der Waals surface area contributed by atoms with E-state index in [9.17, 15) is 13.2 Å². The van der Waals surface area contributed by atoms with Crippen LogP contribution in [0.15, 0.2) is 78.9 Å². The van der Waals surface area contributed by atoms with E-state index in [4.69, 9.17) is 5.26 Å². The topological polar surface area (TPSA) is 81.5 Å². The van der Waals surface area contributed by atoms with E-state index in [1.165, 1.54) is 4.31 Å². The molecule has 1 amide bonds. The van der Waals surface area contributed by atoms with Crippen LogP contribution in [0.25, 0.3) is 0 Å². The largest absolute Gasteiger partial charge is 0.329 e. The quantitative estimate of drug-likeness (QED) is 0.668. The van der Waals surface area contributed by atoms with Crippen LogP contribution in [0.5, 0.6) is 0 Å². The number of carbonyl (C=O) groups excluding carboxylic acids is 1. The van der Waals surface area contributed by atoms with Crippen LogP contribution in [-0.2, 0) is 23.3 Å². The number of hydrogen-bond donors (Lipinski definition) is 0. The molecule has 7 heteroatoms. The molecule has 1 aliphatic rings. The van der Waals surface area contributed by atoms with Crippen molar-refractivity contribution in [1.82, 2.24) is 4.31 Å². The number of nitrogens with zero attached hydrogens (tertiary/aromatic N) is 3. The lowest BCUT2D eigenvalue weighted by molar-refractivity contribution is 0.0851. The lowest BCUT2D eigenvalue weighted by atomic mass is 10.1. The van der Waals surface area contributed by atoms with Crippen molar-refractivity contribution in [1.29, 1.82) is 5.26 Å². The summed E-state index contributed by atoms with van der Waals surface area (Å²) in [6.07, 6.45) is 0. The van der Waals surface area contributed by atoms with Gasteiger partial charge in [-0.3, -0.25) is 4.79 Å². The van der Waals surface area contributed by atoms with Gasteiger partial charge in [-0.05, 0) is 35.4 Å². The number of hydrogen-bond acceptors (Lipinski definition) is 4. The molecule has 0 bridgehead atoms. The fourth-order valence-corrected chi connectivity index (χ4v) is 4.85. The second kappa shape index (κ2) is 7.41. The average Bonchev–Trinajstić information content (AvgIpc) is 2.75. The molecule has 3 aromatic rings. The summed E-state index contributed by atoms with van der Waals surface area (Å²) < 4.78 is 28.9. The van der Waals surface area contributed by atoms with E-state index in [-0.39, 0.29) is 13.1 Å². The van der Waals surface area contributed by atoms with E-state index in [0.717, 1.165) is 15.4 Å². The van der Waals surface area contributed by atoms with Crippen LogP contribution < -0.4 is 4.31 Å². The number of anilines is 1. The highest BCUT2D eigenvalue weighted by atomic mass is 32.2. The second-order valence-corrected chi connectivity index (χ2v) is 8.41. The van der Waals surface area contributed by atoms with Crippen LogP contribution in [0.1, 0.15) is 27.0 Å². The Morgan fingerprint density at radius 2 is 1.34 bits per heavy atom. The third-order valence-corrected chi connectivity index (χ3v) is 6.50. The molecule has 0 fully saturated rings. The van der Waals surface area contributed by atoms with Gasteiger partial charge in [0, 0.05) is 0 Å². The van der Waals surface area contributed by atoms with E-state index >= 15 is 0 Å². The average molecular weight is 403 g/mol. The third kappa shape index (κ3) is 3.46. The molecule has 29 heavy (non-hydrogen) atoms. The molecule has 6 nitrogen and oxygen atoms in total. The SMILES string of the molecule is N#Cc1ccc(CN2c3ccccc3C(=O)N(Cc3ccccc3)S2(=O)=O)cc1. The maximum atomic E-state index is 13.4. The van der Waals surface area contributed by atoms with E-state index < -0.39 is 16.1 Å². The first-order valence-electron chi connectivity index (χ1n) is 8.97. The Bertz CT molecular complexity index is 1200. The molecule has 0 saturated carbocycles. The summed E-state index contributed by atoms with van der Waals surface area (Å²) in [7, 11) is -4.09. The van der Waals surface area contributed by atoms with E-state index in [1.807, 2.05) is 12.1 Å². The van der Waals surface area contributed by atoms with Gasteiger partial charge in [0.25, 0.3) is 5.91 Å². The van der Waals surface area contributed by atoms with Gasteiger partial charge in [0.1, 0.15) is 0 Å². The Hall–Kier alpha value is -3.63. The molecule has 0 atom stereocenters. The zero-order valence-electron chi connectivity index (χ0n) is 15.4. The van der Waals surface area contributed by atoms with Gasteiger partial charge in [-0.15, -0.1) is 0 Å². The van der Waals surface area contributed by atoms with Crippen LogP contribution in [0.2, 0.25) is 0 Å². The molecule has 1 heterocycles. The van der Waals surface area contributed by atoms with Gasteiger partial charge >= 0.3 is 10.2 Å². The van der Waals surface area contributed by atoms with Gasteiger partial charge in [-0.25, -0.2) is 8.61 Å². The predicted molar refractivity (Wildman–Crippen MR) is 109 cm³/mol. The van der Waals surface area contributed by atoms with Crippen molar-refractivity contribution in [3.05, 3.63) is 101 Å². The second-order valence-electron chi connectivity index (χ2n) is 6.64. The molecule has 0 saturated heterocycles. The number of benzene rings is 3. The molecule has 0 radical (unpaired) electrons. The number of fused-ring (bicyclic) bond motifs is 1. The molecule has 0 N–H and O–H groups in total. The van der Waals surface area contributed by atoms with Crippen LogP contribution in [-0.4, -0.2) is 18.6 Å². The van der Waals surface area contributed by atoms with Crippen molar-refractivity contribution in [2.45, 2.75) is 13.1 Å². The van der Waals surface area contributed by atoms with Crippen LogP contribution in [0, 0.1) is 11.3 Å². The summed E-state index contributed by atoms with van der Waals surface area (Å²) in [5.74, 6) is -0.541. The smallest absolute Gasteiger partial charge is 0.268 e. The number of nitriles is 1. The van der Waals surface area contributed by atoms with Gasteiger partial charge in [-0.1, -0.05) is 54.6 Å². The zero-order chi connectivity index (χ0) is 20.4. The highest BCUT2D eigenvalue weighted by molar-refractivity contribution is 7.91. The lowest BCUT2D eigenvalue weighted by Gasteiger charge is -2.37. The maximum Gasteiger partial charge on any atom is 0.329 e. The fraction of sp³-hybridized carbons (Fsp3) is 0.0909. The van der Waals surface area contributed by atoms with Crippen molar-refractivity contribution in [2.24, 2.45) is 0 Å². The highest BCUT2D eigenvalue weighted by Gasteiger charge is 2.41. The molecule has 0 aliphatic carbocycles. The van der Waals surface area contributed by atoms with Gasteiger partial charge < -0.3 is 0 Å². The Kier molecular flexibility index (Phi) is 4.79. The standard InChI is InChI=1S/C22H17N3O3S/c23-14-17-10-12-19(13-11-17)15-24-21-9-5-4-8-20(21)22(26)25(29(24,27)28)16-18-6-2-1-3-7-18/h1-13H,15-16H2. The fourth-order valence-electron chi connectivity index (χ4n) is 3.27. The summed E-state index contributed by atoms with van der Waals surface area (Å²) in [5.41, 5.74) is 2.63. The zero-order valence-corrected chi connectivity index (χ0v) is 16.2.